The van der Waals surface area contributed by atoms with E-state index in [4.69, 9.17) is 0 Å². The zero-order chi connectivity index (χ0) is 16.8. The van der Waals surface area contributed by atoms with Gasteiger partial charge in [-0.1, -0.05) is 35.3 Å². The van der Waals surface area contributed by atoms with Gasteiger partial charge in [-0.3, -0.25) is 4.90 Å². The number of likely N-dealkylation sites (N-methyl/N-ethyl adjacent to an activating group) is 1. The molecule has 0 bridgehead atoms. The van der Waals surface area contributed by atoms with Crippen molar-refractivity contribution in [3.05, 3.63) is 22.9 Å². The summed E-state index contributed by atoms with van der Waals surface area (Å²) in [5.74, 6) is 2.19. The molecule has 1 unspecified atom stereocenters. The highest BCUT2D eigenvalue weighted by molar-refractivity contribution is 8.01. The molecule has 2 aromatic rings. The van der Waals surface area contributed by atoms with Crippen molar-refractivity contribution < 1.29 is 0 Å². The molecule has 9 heteroatoms. The number of unbranched alkanes of at least 4 members (excludes halogenated alkanes) is 1. The number of aryl methyl sites for hydroxylation is 1. The van der Waals surface area contributed by atoms with E-state index in [1.165, 1.54) is 24.6 Å². The van der Waals surface area contributed by atoms with E-state index in [2.05, 4.69) is 43.0 Å². The lowest BCUT2D eigenvalue weighted by Gasteiger charge is -2.27. The quantitative estimate of drug-likeness (QED) is 0.373. The molecule has 1 aliphatic rings. The Balaban J connectivity index is 1.40. The monoisotopic (exact) mass is 399 g/mol. The van der Waals surface area contributed by atoms with Gasteiger partial charge in [0, 0.05) is 12.3 Å². The van der Waals surface area contributed by atoms with Crippen LogP contribution in [0.4, 0.5) is 0 Å². The van der Waals surface area contributed by atoms with Gasteiger partial charge in [-0.15, -0.1) is 22.0 Å². The van der Waals surface area contributed by atoms with Crippen LogP contribution >= 0.6 is 46.6 Å². The van der Waals surface area contributed by atoms with E-state index in [1.54, 1.807) is 11.3 Å². The predicted octanol–water partition coefficient (Wildman–Crippen LogP) is 4.30. The first-order valence-corrected chi connectivity index (χ1v) is 11.5. The Morgan fingerprint density at radius 2 is 2.04 bits per heavy atom. The van der Waals surface area contributed by atoms with E-state index in [-0.39, 0.29) is 6.04 Å². The summed E-state index contributed by atoms with van der Waals surface area (Å²) in [5, 5.41) is 10.3. The van der Waals surface area contributed by atoms with Crippen LogP contribution in [0.5, 0.6) is 0 Å². The summed E-state index contributed by atoms with van der Waals surface area (Å²) in [7, 11) is 2.16. The molecule has 0 radical (unpaired) electrons. The first kappa shape index (κ1) is 18.3. The minimum absolute atomic E-state index is 0.288. The molecule has 1 aliphatic heterocycles. The van der Waals surface area contributed by atoms with Crippen LogP contribution in [0.15, 0.2) is 21.5 Å². The van der Waals surface area contributed by atoms with Crippen molar-refractivity contribution in [1.82, 2.24) is 23.8 Å². The van der Waals surface area contributed by atoms with Gasteiger partial charge >= 0.3 is 0 Å². The highest BCUT2D eigenvalue weighted by atomic mass is 32.2. The van der Waals surface area contributed by atoms with Gasteiger partial charge in [-0.25, -0.2) is 0 Å². The highest BCUT2D eigenvalue weighted by Gasteiger charge is 2.23. The van der Waals surface area contributed by atoms with E-state index in [9.17, 15) is 0 Å². The van der Waals surface area contributed by atoms with E-state index in [1.807, 2.05) is 30.4 Å². The minimum atomic E-state index is 0.288. The second-order valence-corrected chi connectivity index (χ2v) is 9.72. The molecule has 2 aromatic heterocycles. The molecule has 5 nitrogen and oxygen atoms in total. The van der Waals surface area contributed by atoms with E-state index in [0.717, 1.165) is 44.5 Å². The first-order valence-electron chi connectivity index (χ1n) is 7.99. The minimum Gasteiger partial charge on any atom is -0.294 e. The normalized spacial score (nSPS) is 18.3. The van der Waals surface area contributed by atoms with Crippen LogP contribution < -0.4 is 0 Å². The first-order chi connectivity index (χ1) is 11.7. The number of hydrogen-bond donors (Lipinski definition) is 0. The largest absolute Gasteiger partial charge is 0.294 e. The molecule has 24 heavy (non-hydrogen) atoms. The lowest BCUT2D eigenvalue weighted by Crippen LogP contribution is -2.27. The van der Waals surface area contributed by atoms with Gasteiger partial charge in [0.1, 0.15) is 15.7 Å². The summed E-state index contributed by atoms with van der Waals surface area (Å²) in [6.45, 7) is 3.09. The SMILES string of the molecule is Cc1nnc(SCCCCSc2nsnc2C2C=CCCN2C)s1. The fourth-order valence-corrected chi connectivity index (χ4v) is 6.03. The predicted molar refractivity (Wildman–Crippen MR) is 104 cm³/mol. The summed E-state index contributed by atoms with van der Waals surface area (Å²) < 4.78 is 10.1. The van der Waals surface area contributed by atoms with Gasteiger partial charge < -0.3 is 0 Å². The molecule has 3 rings (SSSR count). The lowest BCUT2D eigenvalue weighted by atomic mass is 10.1. The van der Waals surface area contributed by atoms with Gasteiger partial charge in [0.25, 0.3) is 0 Å². The van der Waals surface area contributed by atoms with Crippen molar-refractivity contribution in [3.63, 3.8) is 0 Å². The second-order valence-electron chi connectivity index (χ2n) is 5.59. The van der Waals surface area contributed by atoms with Gasteiger partial charge in [0.2, 0.25) is 0 Å². The van der Waals surface area contributed by atoms with Crippen molar-refractivity contribution >= 4 is 46.6 Å². The van der Waals surface area contributed by atoms with Crippen LogP contribution in [0, 0.1) is 6.92 Å². The molecule has 0 aromatic carbocycles. The maximum atomic E-state index is 4.55. The van der Waals surface area contributed by atoms with E-state index in [0.29, 0.717) is 0 Å². The molecule has 3 heterocycles. The Morgan fingerprint density at radius 3 is 2.79 bits per heavy atom. The van der Waals surface area contributed by atoms with Crippen molar-refractivity contribution in [2.24, 2.45) is 0 Å². The summed E-state index contributed by atoms with van der Waals surface area (Å²) in [4.78, 5) is 2.35. The zero-order valence-corrected chi connectivity index (χ0v) is 17.1. The van der Waals surface area contributed by atoms with Crippen LogP contribution in [0.3, 0.4) is 0 Å². The average molecular weight is 400 g/mol. The van der Waals surface area contributed by atoms with Gasteiger partial charge in [-0.05, 0) is 39.0 Å². The summed E-state index contributed by atoms with van der Waals surface area (Å²) in [6.07, 6.45) is 8.00. The molecule has 0 spiro atoms. The molecule has 1 atom stereocenters. The molecule has 0 fully saturated rings. The molecule has 0 saturated carbocycles. The third-order valence-corrected chi connectivity index (χ3v) is 7.50. The Kier molecular flexibility index (Phi) is 7.08. The Bertz CT molecular complexity index is 668. The zero-order valence-electron chi connectivity index (χ0n) is 13.8. The number of hydrogen-bond acceptors (Lipinski definition) is 9. The van der Waals surface area contributed by atoms with Crippen molar-refractivity contribution in [1.29, 1.82) is 0 Å². The summed E-state index contributed by atoms with van der Waals surface area (Å²) in [6, 6.07) is 0.288. The number of aromatic nitrogens is 4. The Labute approximate surface area is 159 Å². The lowest BCUT2D eigenvalue weighted by molar-refractivity contribution is 0.273. The van der Waals surface area contributed by atoms with E-state index >= 15 is 0 Å². The van der Waals surface area contributed by atoms with Gasteiger partial charge in [0.15, 0.2) is 4.34 Å². The van der Waals surface area contributed by atoms with Crippen LogP contribution in [-0.2, 0) is 0 Å². The molecule has 0 saturated heterocycles. The van der Waals surface area contributed by atoms with E-state index < -0.39 is 0 Å². The van der Waals surface area contributed by atoms with Crippen molar-refractivity contribution in [3.8, 4) is 0 Å². The van der Waals surface area contributed by atoms with Gasteiger partial charge in [-0.2, -0.15) is 8.75 Å². The molecule has 0 aliphatic carbocycles. The third-order valence-electron chi connectivity index (χ3n) is 3.71. The maximum absolute atomic E-state index is 4.55. The van der Waals surface area contributed by atoms with Crippen molar-refractivity contribution in [2.45, 2.75) is 41.6 Å². The summed E-state index contributed by atoms with van der Waals surface area (Å²) in [5.41, 5.74) is 1.13. The van der Waals surface area contributed by atoms with Crippen LogP contribution in [-0.4, -0.2) is 48.9 Å². The second kappa shape index (κ2) is 9.28. The van der Waals surface area contributed by atoms with Crippen LogP contribution in [0.2, 0.25) is 0 Å². The van der Waals surface area contributed by atoms with Crippen LogP contribution in [0.1, 0.15) is 36.0 Å². The third kappa shape index (κ3) is 5.01. The molecule has 0 amide bonds. The maximum Gasteiger partial charge on any atom is 0.174 e. The number of nitrogens with zero attached hydrogens (tertiary/aromatic N) is 5. The fourth-order valence-electron chi connectivity index (χ4n) is 2.43. The molecule has 0 N–H and O–H groups in total. The standard InChI is InChI=1S/C15H21N5S4/c1-11-16-17-15(23-11)22-10-6-5-9-21-14-13(18-24-19-14)12-7-3-4-8-20(12)2/h3,7,12H,4-6,8-10H2,1-2H3. The fraction of sp³-hybridized carbons (Fsp3) is 0.600. The Morgan fingerprint density at radius 1 is 1.21 bits per heavy atom. The average Bonchev–Trinajstić information content (AvgIpc) is 3.20. The topological polar surface area (TPSA) is 54.8 Å². The Hall–Kier alpha value is -0.480. The van der Waals surface area contributed by atoms with Crippen LogP contribution in [0.25, 0.3) is 0 Å². The van der Waals surface area contributed by atoms with Gasteiger partial charge in [0.05, 0.1) is 17.8 Å². The number of thioether (sulfide) groups is 2. The van der Waals surface area contributed by atoms with Crippen molar-refractivity contribution in [2.75, 3.05) is 25.1 Å². The smallest absolute Gasteiger partial charge is 0.174 e. The highest BCUT2D eigenvalue weighted by Crippen LogP contribution is 2.32. The molecular weight excluding hydrogens is 378 g/mol. The molecular formula is C15H21N5S4. The molecule has 130 valence electrons. The summed E-state index contributed by atoms with van der Waals surface area (Å²) >= 11 is 6.66. The number of rotatable bonds is 8.